The number of methoxy groups -OCH3 is 1. The van der Waals surface area contributed by atoms with Gasteiger partial charge in [0.05, 0.1) is 19.3 Å². The third-order valence-electron chi connectivity index (χ3n) is 3.78. The largest absolute Gasteiger partial charge is 0.464 e. The number of aromatic nitrogens is 3. The van der Waals surface area contributed by atoms with Crippen LogP contribution in [0.1, 0.15) is 21.7 Å². The van der Waals surface area contributed by atoms with Gasteiger partial charge in [0.1, 0.15) is 0 Å². The molecule has 23 heavy (non-hydrogen) atoms. The number of hydrogen-bond donors (Lipinski definition) is 0. The molecular formula is C18H17N3O2. The molecule has 3 rings (SSSR count). The van der Waals surface area contributed by atoms with Crippen LogP contribution in [0, 0.1) is 6.92 Å². The highest BCUT2D eigenvalue weighted by Crippen LogP contribution is 2.24. The van der Waals surface area contributed by atoms with Crippen molar-refractivity contribution in [3.63, 3.8) is 0 Å². The van der Waals surface area contributed by atoms with Gasteiger partial charge in [-0.15, -0.1) is 5.10 Å². The van der Waals surface area contributed by atoms with Gasteiger partial charge in [0.2, 0.25) is 0 Å². The highest BCUT2D eigenvalue weighted by molar-refractivity contribution is 5.88. The van der Waals surface area contributed by atoms with Gasteiger partial charge in [-0.05, 0) is 23.6 Å². The maximum atomic E-state index is 11.7. The van der Waals surface area contributed by atoms with E-state index < -0.39 is 5.97 Å². The van der Waals surface area contributed by atoms with Crippen LogP contribution in [-0.2, 0) is 11.3 Å². The van der Waals surface area contributed by atoms with Crippen molar-refractivity contribution >= 4 is 5.97 Å². The molecule has 1 aromatic heterocycles. The summed E-state index contributed by atoms with van der Waals surface area (Å²) in [6.45, 7) is 2.36. The van der Waals surface area contributed by atoms with Crippen molar-refractivity contribution < 1.29 is 9.53 Å². The number of nitrogens with zero attached hydrogens (tertiary/aromatic N) is 3. The van der Waals surface area contributed by atoms with E-state index in [1.54, 1.807) is 4.68 Å². The predicted molar refractivity (Wildman–Crippen MR) is 87.1 cm³/mol. The number of carbonyl (C=O) groups excluding carboxylic acids is 1. The lowest BCUT2D eigenvalue weighted by Gasteiger charge is -2.10. The number of benzene rings is 2. The molecule has 116 valence electrons. The van der Waals surface area contributed by atoms with E-state index >= 15 is 0 Å². The summed E-state index contributed by atoms with van der Waals surface area (Å²) in [6, 6.07) is 18.3. The lowest BCUT2D eigenvalue weighted by atomic mass is 10.00. The molecule has 1 heterocycles. The minimum atomic E-state index is -0.468. The van der Waals surface area contributed by atoms with Crippen LogP contribution in [-0.4, -0.2) is 28.1 Å². The molecule has 0 N–H and O–H groups in total. The van der Waals surface area contributed by atoms with E-state index in [1.807, 2.05) is 37.3 Å². The first kappa shape index (κ1) is 15.0. The molecule has 2 aromatic carbocycles. The van der Waals surface area contributed by atoms with Crippen LogP contribution in [0.5, 0.6) is 0 Å². The first-order valence-corrected chi connectivity index (χ1v) is 7.32. The molecule has 3 aromatic rings. The van der Waals surface area contributed by atoms with Gasteiger partial charge in [0, 0.05) is 0 Å². The van der Waals surface area contributed by atoms with Gasteiger partial charge in [-0.1, -0.05) is 59.8 Å². The molecule has 0 fully saturated rings. The summed E-state index contributed by atoms with van der Waals surface area (Å²) in [5.41, 5.74) is 4.35. The number of rotatable bonds is 4. The molecule has 0 atom stereocenters. The maximum Gasteiger partial charge on any atom is 0.360 e. The summed E-state index contributed by atoms with van der Waals surface area (Å²) < 4.78 is 6.44. The Balaban J connectivity index is 1.96. The van der Waals surface area contributed by atoms with Gasteiger partial charge in [-0.25, -0.2) is 9.48 Å². The standard InChI is InChI=1S/C18H17N3O2/c1-13-17(18(22)23-2)19-20-21(13)12-15-10-6-7-11-16(15)14-8-4-3-5-9-14/h3-11H,12H2,1-2H3. The van der Waals surface area contributed by atoms with Crippen molar-refractivity contribution in [3.8, 4) is 11.1 Å². The summed E-state index contributed by atoms with van der Waals surface area (Å²) in [5, 5.41) is 8.00. The number of hydrogen-bond acceptors (Lipinski definition) is 4. The van der Waals surface area contributed by atoms with Crippen LogP contribution in [0.2, 0.25) is 0 Å². The molecule has 0 radical (unpaired) electrons. The fourth-order valence-electron chi connectivity index (χ4n) is 2.51. The smallest absolute Gasteiger partial charge is 0.360 e. The lowest BCUT2D eigenvalue weighted by molar-refractivity contribution is 0.0593. The van der Waals surface area contributed by atoms with Crippen LogP contribution < -0.4 is 0 Å². The van der Waals surface area contributed by atoms with Crippen molar-refractivity contribution in [2.45, 2.75) is 13.5 Å². The quantitative estimate of drug-likeness (QED) is 0.695. The fraction of sp³-hybridized carbons (Fsp3) is 0.167. The SMILES string of the molecule is COC(=O)c1nnn(Cc2ccccc2-c2ccccc2)c1C. The maximum absolute atomic E-state index is 11.7. The third-order valence-corrected chi connectivity index (χ3v) is 3.78. The van der Waals surface area contributed by atoms with E-state index in [0.717, 1.165) is 16.7 Å². The van der Waals surface area contributed by atoms with Gasteiger partial charge >= 0.3 is 5.97 Å². The molecule has 5 nitrogen and oxygen atoms in total. The van der Waals surface area contributed by atoms with Crippen molar-refractivity contribution in [1.29, 1.82) is 0 Å². The number of carbonyl (C=O) groups is 1. The minimum Gasteiger partial charge on any atom is -0.464 e. The zero-order valence-corrected chi connectivity index (χ0v) is 13.1. The van der Waals surface area contributed by atoms with Gasteiger partial charge in [-0.3, -0.25) is 0 Å². The van der Waals surface area contributed by atoms with Crippen LogP contribution >= 0.6 is 0 Å². The van der Waals surface area contributed by atoms with E-state index in [9.17, 15) is 4.79 Å². The average molecular weight is 307 g/mol. The minimum absolute atomic E-state index is 0.254. The lowest BCUT2D eigenvalue weighted by Crippen LogP contribution is -2.08. The van der Waals surface area contributed by atoms with Crippen molar-refractivity contribution in [3.05, 3.63) is 71.5 Å². The molecule has 0 bridgehead atoms. The van der Waals surface area contributed by atoms with Crippen LogP contribution in [0.4, 0.5) is 0 Å². The summed E-state index contributed by atoms with van der Waals surface area (Å²) in [7, 11) is 1.34. The summed E-state index contributed by atoms with van der Waals surface area (Å²) in [5.74, 6) is -0.468. The van der Waals surface area contributed by atoms with E-state index in [-0.39, 0.29) is 5.69 Å². The Labute approximate surface area is 134 Å². The third kappa shape index (κ3) is 2.99. The molecule has 0 unspecified atom stereocenters. The van der Waals surface area contributed by atoms with Gasteiger partial charge in [0.25, 0.3) is 0 Å². The summed E-state index contributed by atoms with van der Waals surface area (Å²) in [4.78, 5) is 11.7. The van der Waals surface area contributed by atoms with Crippen LogP contribution in [0.25, 0.3) is 11.1 Å². The van der Waals surface area contributed by atoms with E-state index in [4.69, 9.17) is 4.74 Å². The Morgan fingerprint density at radius 3 is 2.52 bits per heavy atom. The molecule has 0 saturated heterocycles. The molecule has 5 heteroatoms. The molecular weight excluding hydrogens is 290 g/mol. The Morgan fingerprint density at radius 1 is 1.09 bits per heavy atom. The van der Waals surface area contributed by atoms with Crippen molar-refractivity contribution in [2.75, 3.05) is 7.11 Å². The van der Waals surface area contributed by atoms with E-state index in [2.05, 4.69) is 34.6 Å². The second-order valence-corrected chi connectivity index (χ2v) is 5.20. The Hall–Kier alpha value is -2.95. The first-order valence-electron chi connectivity index (χ1n) is 7.32. The van der Waals surface area contributed by atoms with Gasteiger partial charge in [-0.2, -0.15) is 0 Å². The Bertz CT molecular complexity index is 825. The normalized spacial score (nSPS) is 10.5. The number of esters is 1. The highest BCUT2D eigenvalue weighted by Gasteiger charge is 2.17. The van der Waals surface area contributed by atoms with Crippen LogP contribution in [0.3, 0.4) is 0 Å². The van der Waals surface area contributed by atoms with Crippen LogP contribution in [0.15, 0.2) is 54.6 Å². The Kier molecular flexibility index (Phi) is 4.19. The molecule has 0 spiro atoms. The molecule has 0 aliphatic heterocycles. The predicted octanol–water partition coefficient (Wildman–Crippen LogP) is 3.09. The zero-order chi connectivity index (χ0) is 16.2. The van der Waals surface area contributed by atoms with Crippen molar-refractivity contribution in [2.24, 2.45) is 0 Å². The molecule has 0 aliphatic rings. The average Bonchev–Trinajstić information content (AvgIpc) is 2.96. The summed E-state index contributed by atoms with van der Waals surface area (Å²) in [6.07, 6.45) is 0. The second-order valence-electron chi connectivity index (χ2n) is 5.20. The van der Waals surface area contributed by atoms with Crippen molar-refractivity contribution in [1.82, 2.24) is 15.0 Å². The number of ether oxygens (including phenoxy) is 1. The summed E-state index contributed by atoms with van der Waals surface area (Å²) >= 11 is 0. The molecule has 0 saturated carbocycles. The van der Waals surface area contributed by atoms with E-state index in [0.29, 0.717) is 12.2 Å². The van der Waals surface area contributed by atoms with Gasteiger partial charge in [0.15, 0.2) is 5.69 Å². The molecule has 0 amide bonds. The fourth-order valence-corrected chi connectivity index (χ4v) is 2.51. The Morgan fingerprint density at radius 2 is 1.78 bits per heavy atom. The zero-order valence-electron chi connectivity index (χ0n) is 13.1. The topological polar surface area (TPSA) is 57.0 Å². The molecule has 0 aliphatic carbocycles. The van der Waals surface area contributed by atoms with Gasteiger partial charge < -0.3 is 4.74 Å². The first-order chi connectivity index (χ1) is 11.2. The second kappa shape index (κ2) is 6.44. The van der Waals surface area contributed by atoms with E-state index in [1.165, 1.54) is 7.11 Å². The highest BCUT2D eigenvalue weighted by atomic mass is 16.5. The monoisotopic (exact) mass is 307 g/mol.